The first kappa shape index (κ1) is 20.1. The van der Waals surface area contributed by atoms with Crippen LogP contribution in [0.4, 0.5) is 5.82 Å². The Morgan fingerprint density at radius 1 is 0.935 bits per heavy atom. The van der Waals surface area contributed by atoms with Crippen LogP contribution in [0.5, 0.6) is 5.75 Å². The number of nitrogens with zero attached hydrogens (tertiary/aromatic N) is 2. The Hall–Kier alpha value is -4.14. The first-order valence-electron chi connectivity index (χ1n) is 9.59. The molecule has 0 saturated carbocycles. The van der Waals surface area contributed by atoms with Crippen molar-refractivity contribution in [3.8, 4) is 5.75 Å². The molecule has 2 aromatic carbocycles. The van der Waals surface area contributed by atoms with Crippen LogP contribution in [-0.4, -0.2) is 28.8 Å². The number of ether oxygens (including phenoxy) is 1. The van der Waals surface area contributed by atoms with Crippen LogP contribution in [0.3, 0.4) is 0 Å². The fraction of sp³-hybridized carbons (Fsp3) is 0.182. The predicted molar refractivity (Wildman–Crippen MR) is 112 cm³/mol. The lowest BCUT2D eigenvalue weighted by atomic mass is 9.78. The van der Waals surface area contributed by atoms with Gasteiger partial charge in [0.05, 0.1) is 12.0 Å². The maximum Gasteiger partial charge on any atom is 0.294 e. The lowest BCUT2D eigenvalue weighted by Gasteiger charge is -2.40. The van der Waals surface area contributed by atoms with Crippen LogP contribution >= 0.6 is 0 Å². The van der Waals surface area contributed by atoms with Gasteiger partial charge in [-0.05, 0) is 29.3 Å². The van der Waals surface area contributed by atoms with Crippen LogP contribution in [0.2, 0.25) is 0 Å². The van der Waals surface area contributed by atoms with Gasteiger partial charge < -0.3 is 14.9 Å². The molecule has 1 atom stereocenters. The van der Waals surface area contributed by atoms with Crippen molar-refractivity contribution in [3.63, 3.8) is 0 Å². The van der Waals surface area contributed by atoms with Crippen LogP contribution in [0.15, 0.2) is 77.6 Å². The van der Waals surface area contributed by atoms with E-state index in [2.05, 4.69) is 10.2 Å². The van der Waals surface area contributed by atoms with E-state index in [1.165, 1.54) is 6.07 Å². The Balaban J connectivity index is 1.68. The van der Waals surface area contributed by atoms with Crippen LogP contribution < -0.4 is 15.6 Å². The number of hydrogen-bond acceptors (Lipinski definition) is 7. The zero-order valence-electron chi connectivity index (χ0n) is 16.4. The summed E-state index contributed by atoms with van der Waals surface area (Å²) in [5.41, 5.74) is 0.430. The number of benzene rings is 2. The number of rotatable bonds is 7. The second-order valence-electron chi connectivity index (χ2n) is 6.98. The molecule has 0 saturated heterocycles. The van der Waals surface area contributed by atoms with Crippen LogP contribution in [0.1, 0.15) is 22.3 Å². The van der Waals surface area contributed by atoms with Gasteiger partial charge in [-0.3, -0.25) is 9.59 Å². The van der Waals surface area contributed by atoms with Crippen molar-refractivity contribution in [2.24, 2.45) is 0 Å². The van der Waals surface area contributed by atoms with Crippen molar-refractivity contribution in [1.82, 2.24) is 4.57 Å². The second-order valence-corrected chi connectivity index (χ2v) is 6.98. The third-order valence-electron chi connectivity index (χ3n) is 5.12. The van der Waals surface area contributed by atoms with E-state index in [4.69, 9.17) is 4.74 Å². The van der Waals surface area contributed by atoms with E-state index in [1.807, 2.05) is 42.5 Å². The molecule has 0 aliphatic carbocycles. The smallest absolute Gasteiger partial charge is 0.294 e. The van der Waals surface area contributed by atoms with Gasteiger partial charge in [0.15, 0.2) is 0 Å². The lowest BCUT2D eigenvalue weighted by molar-refractivity contribution is -0.757. The minimum Gasteiger partial charge on any atom is -0.492 e. The zero-order valence-corrected chi connectivity index (χ0v) is 16.4. The average molecular weight is 421 g/mol. The van der Waals surface area contributed by atoms with Crippen LogP contribution in [0, 0.1) is 10.1 Å². The first-order valence-corrected chi connectivity index (χ1v) is 9.59. The number of hydrogen-bond donors (Lipinski definition) is 1. The number of carbonyl (C=O) groups is 1. The minimum absolute atomic E-state index is 0.0250. The van der Waals surface area contributed by atoms with Crippen molar-refractivity contribution in [1.29, 1.82) is 0 Å². The minimum atomic E-state index is -0.876. The van der Waals surface area contributed by atoms with Crippen molar-refractivity contribution in [2.75, 3.05) is 18.5 Å². The SMILES string of the molecule is O=C1CC(c2ccccc2)(c2ccc(OCCO[N+](=O)[O-])cc2)Nc2cccc(=O)n21. The maximum absolute atomic E-state index is 13.0. The van der Waals surface area contributed by atoms with Gasteiger partial charge in [-0.2, -0.15) is 0 Å². The molecule has 2 heterocycles. The van der Waals surface area contributed by atoms with E-state index in [0.717, 1.165) is 15.7 Å². The number of anilines is 1. The maximum atomic E-state index is 13.0. The van der Waals surface area contributed by atoms with Gasteiger partial charge in [0.2, 0.25) is 5.91 Å². The van der Waals surface area contributed by atoms with Crippen LogP contribution in [-0.2, 0) is 10.4 Å². The summed E-state index contributed by atoms with van der Waals surface area (Å²) in [7, 11) is 0. The fourth-order valence-electron chi connectivity index (χ4n) is 3.76. The zero-order chi connectivity index (χ0) is 21.8. The van der Waals surface area contributed by atoms with E-state index in [1.54, 1.807) is 24.3 Å². The Kier molecular flexibility index (Phi) is 5.40. The summed E-state index contributed by atoms with van der Waals surface area (Å²) in [6.45, 7) is -0.151. The number of nitrogens with one attached hydrogen (secondary N) is 1. The summed E-state index contributed by atoms with van der Waals surface area (Å²) in [5, 5.41) is 12.7. The van der Waals surface area contributed by atoms with Crippen molar-refractivity contribution >= 4 is 11.7 Å². The molecule has 0 radical (unpaired) electrons. The van der Waals surface area contributed by atoms with E-state index in [9.17, 15) is 19.7 Å². The Labute approximate surface area is 177 Å². The molecule has 1 aliphatic rings. The Morgan fingerprint density at radius 2 is 1.65 bits per heavy atom. The third kappa shape index (κ3) is 3.97. The molecular weight excluding hydrogens is 402 g/mol. The third-order valence-corrected chi connectivity index (χ3v) is 5.12. The molecule has 0 spiro atoms. The molecule has 0 bridgehead atoms. The number of carbonyl (C=O) groups excluding carboxylic acids is 1. The Morgan fingerprint density at radius 3 is 2.35 bits per heavy atom. The predicted octanol–water partition coefficient (Wildman–Crippen LogP) is 2.83. The van der Waals surface area contributed by atoms with Gasteiger partial charge in [0, 0.05) is 6.07 Å². The molecule has 4 rings (SSSR count). The highest BCUT2D eigenvalue weighted by Gasteiger charge is 2.41. The standard InChI is InChI=1S/C22H19N3O6/c26-20-8-4-7-19-23-22(15-21(27)24(19)20,16-5-2-1-3-6-16)17-9-11-18(12-10-17)30-13-14-31-25(28)29/h1-12,23H,13-15H2. The summed E-state index contributed by atoms with van der Waals surface area (Å²) in [4.78, 5) is 39.6. The van der Waals surface area contributed by atoms with Crippen molar-refractivity contribution in [3.05, 3.63) is 104 Å². The molecule has 0 amide bonds. The van der Waals surface area contributed by atoms with Gasteiger partial charge in [-0.1, -0.05) is 48.5 Å². The van der Waals surface area contributed by atoms with Crippen molar-refractivity contribution in [2.45, 2.75) is 12.0 Å². The topological polar surface area (TPSA) is 113 Å². The highest BCUT2D eigenvalue weighted by atomic mass is 17.0. The van der Waals surface area contributed by atoms with Gasteiger partial charge in [0.1, 0.15) is 24.8 Å². The van der Waals surface area contributed by atoms with Gasteiger partial charge in [-0.15, -0.1) is 10.1 Å². The first-order chi connectivity index (χ1) is 15.0. The van der Waals surface area contributed by atoms with Gasteiger partial charge in [0.25, 0.3) is 10.6 Å². The van der Waals surface area contributed by atoms with E-state index < -0.39 is 10.6 Å². The molecule has 1 unspecified atom stereocenters. The Bertz CT molecular complexity index is 1160. The molecule has 1 N–H and O–H groups in total. The van der Waals surface area contributed by atoms with Gasteiger partial charge >= 0.3 is 0 Å². The molecule has 1 aromatic heterocycles. The van der Waals surface area contributed by atoms with E-state index >= 15 is 0 Å². The molecule has 0 fully saturated rings. The largest absolute Gasteiger partial charge is 0.492 e. The molecule has 9 nitrogen and oxygen atoms in total. The number of pyridine rings is 1. The molecular formula is C22H19N3O6. The highest BCUT2D eigenvalue weighted by Crippen LogP contribution is 2.40. The van der Waals surface area contributed by atoms with E-state index in [-0.39, 0.29) is 31.1 Å². The van der Waals surface area contributed by atoms with Crippen LogP contribution in [0.25, 0.3) is 0 Å². The number of aromatic nitrogens is 1. The second kappa shape index (κ2) is 8.31. The lowest BCUT2D eigenvalue weighted by Crippen LogP contribution is -2.47. The summed E-state index contributed by atoms with van der Waals surface area (Å²) in [6.07, 6.45) is 0.0464. The van der Waals surface area contributed by atoms with E-state index in [0.29, 0.717) is 11.6 Å². The fourth-order valence-corrected chi connectivity index (χ4v) is 3.76. The molecule has 1 aliphatic heterocycles. The number of fused-ring (bicyclic) bond motifs is 1. The average Bonchev–Trinajstić information content (AvgIpc) is 2.77. The molecule has 3 aromatic rings. The summed E-state index contributed by atoms with van der Waals surface area (Å²) < 4.78 is 6.62. The molecule has 9 heteroatoms. The summed E-state index contributed by atoms with van der Waals surface area (Å²) in [5.74, 6) is 0.628. The quantitative estimate of drug-likeness (QED) is 0.355. The molecule has 31 heavy (non-hydrogen) atoms. The van der Waals surface area contributed by atoms with Crippen molar-refractivity contribution < 1.29 is 19.5 Å². The van der Waals surface area contributed by atoms with Gasteiger partial charge in [-0.25, -0.2) is 4.57 Å². The summed E-state index contributed by atoms with van der Waals surface area (Å²) in [6, 6.07) is 21.3. The highest BCUT2D eigenvalue weighted by molar-refractivity contribution is 5.87. The monoisotopic (exact) mass is 421 g/mol. The summed E-state index contributed by atoms with van der Waals surface area (Å²) >= 11 is 0. The molecule has 158 valence electrons. The normalized spacial score (nSPS) is 17.4.